The second-order valence-corrected chi connectivity index (χ2v) is 7.41. The van der Waals surface area contributed by atoms with Crippen LogP contribution in [-0.2, 0) is 0 Å². The molecular weight excluding hydrogens is 228 g/mol. The number of nitrogens with zero attached hydrogens (tertiary/aromatic N) is 1. The molecule has 0 bridgehead atoms. The fourth-order valence-corrected chi connectivity index (χ4v) is 4.03. The topological polar surface area (TPSA) is 15.3 Å². The van der Waals surface area contributed by atoms with E-state index in [0.29, 0.717) is 10.8 Å². The van der Waals surface area contributed by atoms with Crippen LogP contribution in [0.2, 0.25) is 0 Å². The lowest BCUT2D eigenvalue weighted by Gasteiger charge is -2.44. The Hall–Kier alpha value is 0.270. The average Bonchev–Trinajstić information content (AvgIpc) is 2.49. The van der Waals surface area contributed by atoms with Crippen LogP contribution < -0.4 is 5.32 Å². The van der Waals surface area contributed by atoms with E-state index in [1.807, 2.05) is 0 Å². The monoisotopic (exact) mass is 256 g/mol. The lowest BCUT2D eigenvalue weighted by molar-refractivity contribution is 0.189. The summed E-state index contributed by atoms with van der Waals surface area (Å²) in [5, 5.41) is 3.70. The van der Waals surface area contributed by atoms with E-state index < -0.39 is 0 Å². The van der Waals surface area contributed by atoms with E-state index in [1.54, 1.807) is 0 Å². The van der Waals surface area contributed by atoms with Gasteiger partial charge in [-0.1, -0.05) is 20.3 Å². The molecule has 0 amide bonds. The molecule has 2 rings (SSSR count). The number of hydrogen-bond donors (Lipinski definition) is 1. The Morgan fingerprint density at radius 2 is 2.12 bits per heavy atom. The molecule has 0 radical (unpaired) electrons. The maximum Gasteiger partial charge on any atom is 0.0284 e. The fraction of sp³-hybridized carbons (Fsp3) is 1.00. The summed E-state index contributed by atoms with van der Waals surface area (Å²) in [4.78, 5) is 2.72. The molecule has 2 fully saturated rings. The maximum absolute atomic E-state index is 3.70. The van der Waals surface area contributed by atoms with Gasteiger partial charge in [0.15, 0.2) is 0 Å². The summed E-state index contributed by atoms with van der Waals surface area (Å²) in [5.74, 6) is 0.752. The van der Waals surface area contributed by atoms with Crippen molar-refractivity contribution in [3.8, 4) is 0 Å². The Bertz CT molecular complexity index is 233. The van der Waals surface area contributed by atoms with Crippen molar-refractivity contribution < 1.29 is 0 Å². The number of nitrogens with one attached hydrogen (secondary N) is 1. The summed E-state index contributed by atoms with van der Waals surface area (Å²) >= 11 is 2.11. The Labute approximate surface area is 111 Å². The smallest absolute Gasteiger partial charge is 0.0284 e. The average molecular weight is 256 g/mol. The molecule has 2 aliphatic rings. The van der Waals surface area contributed by atoms with E-state index in [1.165, 1.54) is 51.9 Å². The minimum atomic E-state index is 0.603. The molecule has 2 nitrogen and oxygen atoms in total. The zero-order chi connectivity index (χ0) is 12.3. The van der Waals surface area contributed by atoms with Crippen LogP contribution in [0.5, 0.6) is 0 Å². The van der Waals surface area contributed by atoms with Gasteiger partial charge >= 0.3 is 0 Å². The van der Waals surface area contributed by atoms with E-state index in [2.05, 4.69) is 42.1 Å². The van der Waals surface area contributed by atoms with Gasteiger partial charge < -0.3 is 10.2 Å². The minimum Gasteiger partial charge on any atom is -0.312 e. The largest absolute Gasteiger partial charge is 0.312 e. The van der Waals surface area contributed by atoms with Crippen LogP contribution in [0, 0.1) is 5.92 Å². The van der Waals surface area contributed by atoms with Crippen LogP contribution in [-0.4, -0.2) is 48.1 Å². The SMILES string of the molecule is CSC1(CN2CCCNC(C(C)C)C2)CCC1. The molecule has 1 aliphatic carbocycles. The summed E-state index contributed by atoms with van der Waals surface area (Å²) in [7, 11) is 0. The molecule has 1 unspecified atom stereocenters. The van der Waals surface area contributed by atoms with Gasteiger partial charge in [0.2, 0.25) is 0 Å². The van der Waals surface area contributed by atoms with Crippen LogP contribution >= 0.6 is 11.8 Å². The van der Waals surface area contributed by atoms with Gasteiger partial charge in [0, 0.05) is 23.9 Å². The van der Waals surface area contributed by atoms with Crippen molar-refractivity contribution in [3.05, 3.63) is 0 Å². The Morgan fingerprint density at radius 3 is 2.65 bits per heavy atom. The molecule has 0 spiro atoms. The van der Waals surface area contributed by atoms with Gasteiger partial charge in [-0.05, 0) is 44.5 Å². The van der Waals surface area contributed by atoms with E-state index in [4.69, 9.17) is 0 Å². The van der Waals surface area contributed by atoms with Gasteiger partial charge in [0.05, 0.1) is 0 Å². The van der Waals surface area contributed by atoms with Gasteiger partial charge in [0.1, 0.15) is 0 Å². The van der Waals surface area contributed by atoms with Crippen LogP contribution in [0.15, 0.2) is 0 Å². The highest BCUT2D eigenvalue weighted by atomic mass is 32.2. The molecule has 1 atom stereocenters. The number of rotatable bonds is 4. The standard InChI is InChI=1S/C14H28N2S/c1-12(2)13-10-16(9-5-8-15-13)11-14(17-3)6-4-7-14/h12-13,15H,4-11H2,1-3H3. The third-order valence-corrected chi connectivity index (χ3v) is 5.93. The molecule has 100 valence electrons. The van der Waals surface area contributed by atoms with Crippen molar-refractivity contribution in [2.75, 3.05) is 32.4 Å². The highest BCUT2D eigenvalue weighted by Gasteiger charge is 2.38. The lowest BCUT2D eigenvalue weighted by atomic mass is 9.83. The van der Waals surface area contributed by atoms with Crippen molar-refractivity contribution >= 4 is 11.8 Å². The fourth-order valence-electron chi connectivity index (χ4n) is 3.02. The minimum absolute atomic E-state index is 0.603. The van der Waals surface area contributed by atoms with Crippen LogP contribution in [0.1, 0.15) is 39.5 Å². The van der Waals surface area contributed by atoms with E-state index >= 15 is 0 Å². The first-order chi connectivity index (χ1) is 8.15. The van der Waals surface area contributed by atoms with Crippen molar-refractivity contribution in [2.45, 2.75) is 50.3 Å². The van der Waals surface area contributed by atoms with Gasteiger partial charge in [-0.15, -0.1) is 0 Å². The predicted molar refractivity (Wildman–Crippen MR) is 77.8 cm³/mol. The van der Waals surface area contributed by atoms with Crippen LogP contribution in [0.3, 0.4) is 0 Å². The highest BCUT2D eigenvalue weighted by Crippen LogP contribution is 2.43. The molecule has 0 aromatic carbocycles. The lowest BCUT2D eigenvalue weighted by Crippen LogP contribution is -2.49. The van der Waals surface area contributed by atoms with Gasteiger partial charge in [-0.25, -0.2) is 0 Å². The first kappa shape index (κ1) is 13.7. The second kappa shape index (κ2) is 5.94. The van der Waals surface area contributed by atoms with Crippen LogP contribution in [0.25, 0.3) is 0 Å². The van der Waals surface area contributed by atoms with Gasteiger partial charge in [-0.2, -0.15) is 11.8 Å². The number of thioether (sulfide) groups is 1. The van der Waals surface area contributed by atoms with Gasteiger partial charge in [-0.3, -0.25) is 0 Å². The first-order valence-electron chi connectivity index (χ1n) is 7.16. The second-order valence-electron chi connectivity index (χ2n) is 6.13. The Morgan fingerprint density at radius 1 is 1.35 bits per heavy atom. The number of hydrogen-bond acceptors (Lipinski definition) is 3. The van der Waals surface area contributed by atoms with Crippen molar-refractivity contribution in [3.63, 3.8) is 0 Å². The molecular formula is C14H28N2S. The van der Waals surface area contributed by atoms with Crippen molar-refractivity contribution in [1.29, 1.82) is 0 Å². The molecule has 1 aliphatic heterocycles. The molecule has 0 aromatic heterocycles. The quantitative estimate of drug-likeness (QED) is 0.832. The van der Waals surface area contributed by atoms with E-state index in [0.717, 1.165) is 5.92 Å². The summed E-state index contributed by atoms with van der Waals surface area (Å²) in [6, 6.07) is 0.691. The van der Waals surface area contributed by atoms with Crippen LogP contribution in [0.4, 0.5) is 0 Å². The zero-order valence-electron chi connectivity index (χ0n) is 11.7. The maximum atomic E-state index is 3.70. The zero-order valence-corrected chi connectivity index (χ0v) is 12.5. The Balaban J connectivity index is 1.90. The molecule has 1 saturated heterocycles. The molecule has 1 saturated carbocycles. The Kier molecular flexibility index (Phi) is 4.79. The first-order valence-corrected chi connectivity index (χ1v) is 8.38. The summed E-state index contributed by atoms with van der Waals surface area (Å²) < 4.78 is 0.603. The van der Waals surface area contributed by atoms with Crippen molar-refractivity contribution in [1.82, 2.24) is 10.2 Å². The summed E-state index contributed by atoms with van der Waals surface area (Å²) in [5.41, 5.74) is 0. The molecule has 0 aromatic rings. The van der Waals surface area contributed by atoms with E-state index in [-0.39, 0.29) is 0 Å². The third-order valence-electron chi connectivity index (χ3n) is 4.53. The highest BCUT2D eigenvalue weighted by molar-refractivity contribution is 8.00. The molecule has 1 heterocycles. The summed E-state index contributed by atoms with van der Waals surface area (Å²) in [6.07, 6.45) is 7.93. The third kappa shape index (κ3) is 3.39. The normalized spacial score (nSPS) is 30.0. The summed E-state index contributed by atoms with van der Waals surface area (Å²) in [6.45, 7) is 9.74. The molecule has 3 heteroatoms. The van der Waals surface area contributed by atoms with Gasteiger partial charge in [0.25, 0.3) is 0 Å². The van der Waals surface area contributed by atoms with E-state index in [9.17, 15) is 0 Å². The predicted octanol–water partition coefficient (Wildman–Crippen LogP) is 2.59. The molecule has 17 heavy (non-hydrogen) atoms. The molecule has 1 N–H and O–H groups in total. The van der Waals surface area contributed by atoms with Crippen molar-refractivity contribution in [2.24, 2.45) is 5.92 Å².